The van der Waals surface area contributed by atoms with E-state index in [1.165, 1.54) is 0 Å². The molecule has 0 aromatic heterocycles. The summed E-state index contributed by atoms with van der Waals surface area (Å²) < 4.78 is 5.14. The Morgan fingerprint density at radius 3 is 2.80 bits per heavy atom. The smallest absolute Gasteiger partial charge is 0.220 e. The molecule has 3 N–H and O–H groups in total. The summed E-state index contributed by atoms with van der Waals surface area (Å²) in [6.07, 6.45) is 3.32. The minimum absolute atomic E-state index is 0.0706. The van der Waals surface area contributed by atoms with E-state index in [9.17, 15) is 4.79 Å². The molecule has 1 amide bonds. The van der Waals surface area contributed by atoms with E-state index in [2.05, 4.69) is 12.2 Å². The summed E-state index contributed by atoms with van der Waals surface area (Å²) in [6, 6.07) is 0.0887. The third kappa shape index (κ3) is 9.69. The summed E-state index contributed by atoms with van der Waals surface area (Å²) in [4.78, 5) is 11.3. The fraction of sp³-hybridized carbons (Fsp3) is 0.909. The number of ether oxygens (including phenoxy) is 1. The Bertz CT molecular complexity index is 163. The lowest BCUT2D eigenvalue weighted by molar-refractivity contribution is -0.121. The molecule has 0 spiro atoms. The standard InChI is InChI=1S/C11H24N2O2/c1-3-6-10(12)9-13-11(14)7-5-8-15-4-2/h10H,3-9,12H2,1-2H3,(H,13,14). The van der Waals surface area contributed by atoms with Crippen molar-refractivity contribution in [2.75, 3.05) is 19.8 Å². The zero-order valence-corrected chi connectivity index (χ0v) is 9.92. The van der Waals surface area contributed by atoms with E-state index in [0.717, 1.165) is 19.3 Å². The van der Waals surface area contributed by atoms with Gasteiger partial charge in [0.15, 0.2) is 0 Å². The van der Waals surface area contributed by atoms with Crippen LogP contribution in [-0.4, -0.2) is 31.7 Å². The Hall–Kier alpha value is -0.610. The van der Waals surface area contributed by atoms with Crippen LogP contribution in [0.5, 0.6) is 0 Å². The predicted octanol–water partition coefficient (Wildman–Crippen LogP) is 1.05. The number of carbonyl (C=O) groups is 1. The Morgan fingerprint density at radius 1 is 1.47 bits per heavy atom. The zero-order valence-electron chi connectivity index (χ0n) is 9.92. The maximum atomic E-state index is 11.3. The van der Waals surface area contributed by atoms with Gasteiger partial charge in [0.05, 0.1) is 0 Å². The average molecular weight is 216 g/mol. The Morgan fingerprint density at radius 2 is 2.20 bits per heavy atom. The minimum Gasteiger partial charge on any atom is -0.382 e. The molecule has 4 heteroatoms. The van der Waals surface area contributed by atoms with Crippen molar-refractivity contribution in [2.45, 2.75) is 45.6 Å². The number of carbonyl (C=O) groups excluding carboxylic acids is 1. The molecule has 15 heavy (non-hydrogen) atoms. The highest BCUT2D eigenvalue weighted by molar-refractivity contribution is 5.75. The monoisotopic (exact) mass is 216 g/mol. The highest BCUT2D eigenvalue weighted by atomic mass is 16.5. The molecule has 0 aromatic carbocycles. The largest absolute Gasteiger partial charge is 0.382 e. The average Bonchev–Trinajstić information content (AvgIpc) is 2.22. The van der Waals surface area contributed by atoms with Crippen LogP contribution < -0.4 is 11.1 Å². The van der Waals surface area contributed by atoms with Gasteiger partial charge < -0.3 is 15.8 Å². The van der Waals surface area contributed by atoms with E-state index in [0.29, 0.717) is 26.2 Å². The van der Waals surface area contributed by atoms with Crippen LogP contribution in [0.15, 0.2) is 0 Å². The van der Waals surface area contributed by atoms with Gasteiger partial charge in [0.1, 0.15) is 0 Å². The van der Waals surface area contributed by atoms with Gasteiger partial charge in [-0.1, -0.05) is 13.3 Å². The molecule has 0 aliphatic carbocycles. The molecule has 4 nitrogen and oxygen atoms in total. The van der Waals surface area contributed by atoms with Crippen LogP contribution in [0, 0.1) is 0 Å². The van der Waals surface area contributed by atoms with Crippen LogP contribution in [0.25, 0.3) is 0 Å². The van der Waals surface area contributed by atoms with Crippen molar-refractivity contribution in [2.24, 2.45) is 5.73 Å². The molecule has 0 aliphatic rings. The molecule has 1 atom stereocenters. The van der Waals surface area contributed by atoms with Crippen LogP contribution in [0.3, 0.4) is 0 Å². The zero-order chi connectivity index (χ0) is 11.5. The SMILES string of the molecule is CCCC(N)CNC(=O)CCCOCC. The van der Waals surface area contributed by atoms with E-state index in [1.807, 2.05) is 6.92 Å². The molecular weight excluding hydrogens is 192 g/mol. The quantitative estimate of drug-likeness (QED) is 0.566. The Balaban J connectivity index is 3.32. The molecule has 0 radical (unpaired) electrons. The molecule has 0 rings (SSSR count). The predicted molar refractivity (Wildman–Crippen MR) is 61.6 cm³/mol. The van der Waals surface area contributed by atoms with Crippen molar-refractivity contribution < 1.29 is 9.53 Å². The summed E-state index contributed by atoms with van der Waals surface area (Å²) >= 11 is 0. The maximum Gasteiger partial charge on any atom is 0.220 e. The molecular formula is C11H24N2O2. The third-order valence-corrected chi connectivity index (χ3v) is 2.12. The molecule has 0 aromatic rings. The van der Waals surface area contributed by atoms with Crippen molar-refractivity contribution in [3.63, 3.8) is 0 Å². The molecule has 0 saturated heterocycles. The van der Waals surface area contributed by atoms with Crippen molar-refractivity contribution in [3.05, 3.63) is 0 Å². The summed E-state index contributed by atoms with van der Waals surface area (Å²) in [5.41, 5.74) is 5.77. The van der Waals surface area contributed by atoms with Gasteiger partial charge >= 0.3 is 0 Å². The first kappa shape index (κ1) is 14.4. The van der Waals surface area contributed by atoms with Gasteiger partial charge in [0.25, 0.3) is 0 Å². The third-order valence-electron chi connectivity index (χ3n) is 2.12. The van der Waals surface area contributed by atoms with Gasteiger partial charge in [0, 0.05) is 32.2 Å². The second kappa shape index (κ2) is 9.93. The molecule has 0 bridgehead atoms. The first-order chi connectivity index (χ1) is 7.20. The van der Waals surface area contributed by atoms with Gasteiger partial charge in [-0.05, 0) is 19.8 Å². The van der Waals surface area contributed by atoms with Crippen LogP contribution in [0.2, 0.25) is 0 Å². The number of hydrogen-bond donors (Lipinski definition) is 2. The molecule has 0 heterocycles. The second-order valence-corrected chi connectivity index (χ2v) is 3.65. The number of nitrogens with two attached hydrogens (primary N) is 1. The topological polar surface area (TPSA) is 64.3 Å². The first-order valence-corrected chi connectivity index (χ1v) is 5.80. The van der Waals surface area contributed by atoms with E-state index in [-0.39, 0.29) is 11.9 Å². The second-order valence-electron chi connectivity index (χ2n) is 3.65. The fourth-order valence-electron chi connectivity index (χ4n) is 1.29. The normalized spacial score (nSPS) is 12.5. The van der Waals surface area contributed by atoms with Crippen LogP contribution in [-0.2, 0) is 9.53 Å². The summed E-state index contributed by atoms with van der Waals surface area (Å²) in [6.45, 7) is 5.99. The highest BCUT2D eigenvalue weighted by Crippen LogP contribution is 1.93. The number of rotatable bonds is 9. The summed E-state index contributed by atoms with van der Waals surface area (Å²) in [5.74, 6) is 0.0706. The van der Waals surface area contributed by atoms with E-state index in [4.69, 9.17) is 10.5 Å². The van der Waals surface area contributed by atoms with Gasteiger partial charge in [-0.25, -0.2) is 0 Å². The van der Waals surface area contributed by atoms with Crippen LogP contribution in [0.4, 0.5) is 0 Å². The Kier molecular flexibility index (Phi) is 9.52. The number of amides is 1. The molecule has 1 unspecified atom stereocenters. The van der Waals surface area contributed by atoms with Crippen molar-refractivity contribution in [1.29, 1.82) is 0 Å². The van der Waals surface area contributed by atoms with E-state index in [1.54, 1.807) is 0 Å². The van der Waals surface area contributed by atoms with Gasteiger partial charge in [-0.15, -0.1) is 0 Å². The maximum absolute atomic E-state index is 11.3. The highest BCUT2D eigenvalue weighted by Gasteiger charge is 2.04. The number of nitrogens with one attached hydrogen (secondary N) is 1. The lowest BCUT2D eigenvalue weighted by Gasteiger charge is -2.11. The van der Waals surface area contributed by atoms with Gasteiger partial charge in [-0.2, -0.15) is 0 Å². The number of hydrogen-bond acceptors (Lipinski definition) is 3. The lowest BCUT2D eigenvalue weighted by Crippen LogP contribution is -2.37. The van der Waals surface area contributed by atoms with E-state index < -0.39 is 0 Å². The summed E-state index contributed by atoms with van der Waals surface area (Å²) in [7, 11) is 0. The van der Waals surface area contributed by atoms with Crippen molar-refractivity contribution >= 4 is 5.91 Å². The van der Waals surface area contributed by atoms with E-state index >= 15 is 0 Å². The van der Waals surface area contributed by atoms with Gasteiger partial charge in [-0.3, -0.25) is 4.79 Å². The molecule has 0 fully saturated rings. The fourth-order valence-corrected chi connectivity index (χ4v) is 1.29. The van der Waals surface area contributed by atoms with Crippen LogP contribution in [0.1, 0.15) is 39.5 Å². The molecule has 90 valence electrons. The van der Waals surface area contributed by atoms with Crippen LogP contribution >= 0.6 is 0 Å². The lowest BCUT2D eigenvalue weighted by atomic mass is 10.2. The summed E-state index contributed by atoms with van der Waals surface area (Å²) in [5, 5.41) is 2.82. The molecule has 0 saturated carbocycles. The van der Waals surface area contributed by atoms with Crippen molar-refractivity contribution in [3.8, 4) is 0 Å². The van der Waals surface area contributed by atoms with Crippen molar-refractivity contribution in [1.82, 2.24) is 5.32 Å². The minimum atomic E-state index is 0.0706. The van der Waals surface area contributed by atoms with Gasteiger partial charge in [0.2, 0.25) is 5.91 Å². The molecule has 0 aliphatic heterocycles. The first-order valence-electron chi connectivity index (χ1n) is 5.80. The Labute approximate surface area is 92.6 Å².